The van der Waals surface area contributed by atoms with E-state index in [1.165, 1.54) is 0 Å². The summed E-state index contributed by atoms with van der Waals surface area (Å²) in [6.45, 7) is 0. The lowest BCUT2D eigenvalue weighted by atomic mass is 9.63. The predicted molar refractivity (Wildman–Crippen MR) is 71.5 cm³/mol. The first-order valence-electron chi connectivity index (χ1n) is 6.35. The van der Waals surface area contributed by atoms with Crippen LogP contribution in [0.1, 0.15) is 24.8 Å². The Labute approximate surface area is 111 Å². The van der Waals surface area contributed by atoms with E-state index >= 15 is 0 Å². The Bertz CT molecular complexity index is 647. The highest BCUT2D eigenvalue weighted by atomic mass is 16.5. The summed E-state index contributed by atoms with van der Waals surface area (Å²) in [6, 6.07) is 7.44. The highest BCUT2D eigenvalue weighted by Crippen LogP contribution is 2.47. The second kappa shape index (κ2) is 4.23. The van der Waals surface area contributed by atoms with Crippen LogP contribution in [0.2, 0.25) is 0 Å². The molecule has 1 fully saturated rings. The number of carboxylic acid groups (broad SMARTS) is 1. The number of carboxylic acids is 1. The quantitative estimate of drug-likeness (QED) is 0.918. The van der Waals surface area contributed by atoms with Gasteiger partial charge in [-0.3, -0.25) is 9.78 Å². The highest BCUT2D eigenvalue weighted by molar-refractivity contribution is 5.94. The predicted octanol–water partition coefficient (Wildman–Crippen LogP) is 2.75. The molecule has 1 aliphatic rings. The molecule has 4 nitrogen and oxygen atoms in total. The van der Waals surface area contributed by atoms with E-state index in [4.69, 9.17) is 4.74 Å². The van der Waals surface area contributed by atoms with Crippen molar-refractivity contribution >= 4 is 16.9 Å². The van der Waals surface area contributed by atoms with Crippen LogP contribution in [0.5, 0.6) is 5.75 Å². The molecule has 1 heterocycles. The van der Waals surface area contributed by atoms with Gasteiger partial charge < -0.3 is 9.84 Å². The smallest absolute Gasteiger partial charge is 0.314 e. The minimum Gasteiger partial charge on any atom is -0.494 e. The number of benzene rings is 1. The van der Waals surface area contributed by atoms with Crippen molar-refractivity contribution in [3.8, 4) is 5.75 Å². The molecule has 0 aliphatic heterocycles. The summed E-state index contributed by atoms with van der Waals surface area (Å²) >= 11 is 0. The van der Waals surface area contributed by atoms with E-state index in [1.807, 2.05) is 24.3 Å². The number of rotatable bonds is 3. The van der Waals surface area contributed by atoms with Crippen molar-refractivity contribution in [2.24, 2.45) is 0 Å². The summed E-state index contributed by atoms with van der Waals surface area (Å²) in [4.78, 5) is 16.0. The Balaban J connectivity index is 2.28. The van der Waals surface area contributed by atoms with Crippen LogP contribution in [0.4, 0.5) is 0 Å². The molecule has 98 valence electrons. The number of aromatic nitrogens is 1. The second-order valence-corrected chi connectivity index (χ2v) is 4.96. The molecule has 2 aromatic rings. The van der Waals surface area contributed by atoms with Gasteiger partial charge in [0.1, 0.15) is 11.3 Å². The molecular weight excluding hydrogens is 242 g/mol. The number of hydrogen-bond donors (Lipinski definition) is 1. The van der Waals surface area contributed by atoms with Gasteiger partial charge in [-0.05, 0) is 30.5 Å². The lowest BCUT2D eigenvalue weighted by molar-refractivity contribution is -0.147. The molecule has 4 heteroatoms. The molecule has 0 spiro atoms. The molecule has 1 aromatic carbocycles. The number of ether oxygens (including phenoxy) is 1. The maximum absolute atomic E-state index is 11.7. The van der Waals surface area contributed by atoms with Crippen molar-refractivity contribution in [1.82, 2.24) is 4.98 Å². The number of carbonyl (C=O) groups is 1. The lowest BCUT2D eigenvalue weighted by Gasteiger charge is -2.38. The number of methoxy groups -OCH3 is 1. The summed E-state index contributed by atoms with van der Waals surface area (Å²) < 4.78 is 5.30. The third-order valence-corrected chi connectivity index (χ3v) is 4.08. The Morgan fingerprint density at radius 3 is 2.74 bits per heavy atom. The number of hydrogen-bond acceptors (Lipinski definition) is 3. The minimum atomic E-state index is -0.743. The molecule has 1 saturated carbocycles. The van der Waals surface area contributed by atoms with Crippen LogP contribution in [0.25, 0.3) is 10.9 Å². The SMILES string of the molecule is COc1ccc(C2(C(=O)O)CCC2)c2cccnc12. The third-order valence-electron chi connectivity index (χ3n) is 4.08. The van der Waals surface area contributed by atoms with Crippen LogP contribution in [0.15, 0.2) is 30.5 Å². The third kappa shape index (κ3) is 1.59. The zero-order valence-electron chi connectivity index (χ0n) is 10.7. The molecular formula is C15H15NO3. The average molecular weight is 257 g/mol. The van der Waals surface area contributed by atoms with Gasteiger partial charge in [0.25, 0.3) is 0 Å². The maximum Gasteiger partial charge on any atom is 0.314 e. The van der Waals surface area contributed by atoms with Crippen LogP contribution in [0.3, 0.4) is 0 Å². The molecule has 0 saturated heterocycles. The van der Waals surface area contributed by atoms with Gasteiger partial charge in [-0.25, -0.2) is 0 Å². The fourth-order valence-electron chi connectivity index (χ4n) is 2.86. The molecule has 0 amide bonds. The fraction of sp³-hybridized carbons (Fsp3) is 0.333. The number of fused-ring (bicyclic) bond motifs is 1. The molecule has 0 bridgehead atoms. The molecule has 3 rings (SSSR count). The number of pyridine rings is 1. The van der Waals surface area contributed by atoms with Crippen LogP contribution in [-0.4, -0.2) is 23.2 Å². The summed E-state index contributed by atoms with van der Waals surface area (Å²) in [5.41, 5.74) is 0.846. The van der Waals surface area contributed by atoms with Crippen molar-refractivity contribution < 1.29 is 14.6 Å². The van der Waals surface area contributed by atoms with Gasteiger partial charge in [0, 0.05) is 11.6 Å². The van der Waals surface area contributed by atoms with Gasteiger partial charge in [0.15, 0.2) is 0 Å². The second-order valence-electron chi connectivity index (χ2n) is 4.96. The van der Waals surface area contributed by atoms with Crippen LogP contribution in [-0.2, 0) is 10.2 Å². The van der Waals surface area contributed by atoms with Gasteiger partial charge in [-0.2, -0.15) is 0 Å². The Hall–Kier alpha value is -2.10. The van der Waals surface area contributed by atoms with E-state index in [9.17, 15) is 9.90 Å². The molecule has 0 atom stereocenters. The van der Waals surface area contributed by atoms with Crippen molar-refractivity contribution in [2.45, 2.75) is 24.7 Å². The highest BCUT2D eigenvalue weighted by Gasteiger charge is 2.46. The zero-order valence-corrected chi connectivity index (χ0v) is 10.7. The summed E-state index contributed by atoms with van der Waals surface area (Å²) in [5, 5.41) is 10.5. The van der Waals surface area contributed by atoms with E-state index < -0.39 is 11.4 Å². The summed E-state index contributed by atoms with van der Waals surface area (Å²) in [7, 11) is 1.60. The van der Waals surface area contributed by atoms with Gasteiger partial charge in [0.05, 0.1) is 12.5 Å². The normalized spacial score (nSPS) is 16.9. The van der Waals surface area contributed by atoms with Gasteiger partial charge in [-0.1, -0.05) is 18.6 Å². The van der Waals surface area contributed by atoms with E-state index in [1.54, 1.807) is 13.3 Å². The molecule has 0 radical (unpaired) electrons. The van der Waals surface area contributed by atoms with Gasteiger partial charge >= 0.3 is 5.97 Å². The maximum atomic E-state index is 11.7. The first-order chi connectivity index (χ1) is 9.19. The lowest BCUT2D eigenvalue weighted by Crippen LogP contribution is -2.42. The van der Waals surface area contributed by atoms with Crippen molar-refractivity contribution in [2.75, 3.05) is 7.11 Å². The molecule has 1 aromatic heterocycles. The molecule has 0 unspecified atom stereocenters. The van der Waals surface area contributed by atoms with E-state index in [0.29, 0.717) is 18.6 Å². The summed E-state index contributed by atoms with van der Waals surface area (Å²) in [6.07, 6.45) is 4.04. The standard InChI is InChI=1S/C15H15NO3/c1-19-12-6-5-11(10-4-2-9-16-13(10)12)15(14(17)18)7-3-8-15/h2,4-6,9H,3,7-8H2,1H3,(H,17,18). The fourth-order valence-corrected chi connectivity index (χ4v) is 2.86. The topological polar surface area (TPSA) is 59.4 Å². The van der Waals surface area contributed by atoms with Crippen LogP contribution in [0, 0.1) is 0 Å². The van der Waals surface area contributed by atoms with Gasteiger partial charge in [-0.15, -0.1) is 0 Å². The summed E-state index contributed by atoms with van der Waals surface area (Å²) in [5.74, 6) is -0.0618. The van der Waals surface area contributed by atoms with E-state index in [-0.39, 0.29) is 0 Å². The van der Waals surface area contributed by atoms with Crippen molar-refractivity contribution in [3.05, 3.63) is 36.0 Å². The molecule has 19 heavy (non-hydrogen) atoms. The molecule has 1 N–H and O–H groups in total. The first kappa shape index (κ1) is 12.0. The largest absolute Gasteiger partial charge is 0.494 e. The molecule has 1 aliphatic carbocycles. The van der Waals surface area contributed by atoms with Crippen molar-refractivity contribution in [1.29, 1.82) is 0 Å². The van der Waals surface area contributed by atoms with Crippen LogP contribution >= 0.6 is 0 Å². The average Bonchev–Trinajstić information content (AvgIpc) is 2.37. The minimum absolute atomic E-state index is 0.680. The first-order valence-corrected chi connectivity index (χ1v) is 6.35. The zero-order chi connectivity index (χ0) is 13.5. The number of nitrogens with zero attached hydrogens (tertiary/aromatic N) is 1. The van der Waals surface area contributed by atoms with E-state index in [2.05, 4.69) is 4.98 Å². The Kier molecular flexibility index (Phi) is 2.66. The number of aliphatic carboxylic acids is 1. The van der Waals surface area contributed by atoms with Crippen molar-refractivity contribution in [3.63, 3.8) is 0 Å². The monoisotopic (exact) mass is 257 g/mol. The van der Waals surface area contributed by atoms with Crippen LogP contribution < -0.4 is 4.74 Å². The Morgan fingerprint density at radius 1 is 1.37 bits per heavy atom. The van der Waals surface area contributed by atoms with E-state index in [0.717, 1.165) is 22.9 Å². The Morgan fingerprint density at radius 2 is 2.16 bits per heavy atom. The van der Waals surface area contributed by atoms with Gasteiger partial charge in [0.2, 0.25) is 0 Å².